The van der Waals surface area contributed by atoms with E-state index in [2.05, 4.69) is 18.7 Å². The second-order valence-electron chi connectivity index (χ2n) is 9.73. The zero-order chi connectivity index (χ0) is 25.4. The van der Waals surface area contributed by atoms with Gasteiger partial charge in [-0.15, -0.1) is 0 Å². The third-order valence-corrected chi connectivity index (χ3v) is 8.39. The number of hydrogen-bond acceptors (Lipinski definition) is 4. The van der Waals surface area contributed by atoms with Crippen LogP contribution < -0.4 is 4.74 Å². The van der Waals surface area contributed by atoms with E-state index in [1.54, 1.807) is 24.3 Å². The van der Waals surface area contributed by atoms with Gasteiger partial charge in [-0.25, -0.2) is 8.42 Å². The highest BCUT2D eigenvalue weighted by Gasteiger charge is 2.27. The van der Waals surface area contributed by atoms with Gasteiger partial charge in [-0.1, -0.05) is 46.6 Å². The first-order chi connectivity index (χ1) is 16.8. The van der Waals surface area contributed by atoms with Crippen LogP contribution in [0.1, 0.15) is 76.8 Å². The smallest absolute Gasteiger partial charge is 0.222 e. The zero-order valence-corrected chi connectivity index (χ0v) is 22.9. The van der Waals surface area contributed by atoms with Gasteiger partial charge in [0, 0.05) is 18.3 Å². The van der Waals surface area contributed by atoms with Crippen molar-refractivity contribution in [2.24, 2.45) is 0 Å². The summed E-state index contributed by atoms with van der Waals surface area (Å²) in [5, 5.41) is 0.360. The summed E-state index contributed by atoms with van der Waals surface area (Å²) >= 11 is 0. The maximum absolute atomic E-state index is 13.7. The fourth-order valence-electron chi connectivity index (χ4n) is 4.44. The Morgan fingerprint density at radius 2 is 1.57 bits per heavy atom. The summed E-state index contributed by atoms with van der Waals surface area (Å²) in [5.74, 6) is 0.800. The van der Waals surface area contributed by atoms with E-state index in [-0.39, 0.29) is 5.92 Å². The topological polar surface area (TPSA) is 51.0 Å². The molecule has 5 nitrogen and oxygen atoms in total. The molecule has 192 valence electrons. The Balaban J connectivity index is 1.70. The van der Waals surface area contributed by atoms with Crippen LogP contribution in [0.15, 0.2) is 58.6 Å². The molecule has 0 aliphatic rings. The summed E-state index contributed by atoms with van der Waals surface area (Å²) in [7, 11) is -3.68. The van der Waals surface area contributed by atoms with Crippen molar-refractivity contribution in [3.8, 4) is 5.75 Å². The first kappa shape index (κ1) is 27.3. The molecule has 0 spiro atoms. The monoisotopic (exact) mass is 498 g/mol. The van der Waals surface area contributed by atoms with E-state index in [1.807, 2.05) is 49.6 Å². The normalized spacial score (nSPS) is 12.2. The number of rotatable bonds is 14. The summed E-state index contributed by atoms with van der Waals surface area (Å²) in [4.78, 5) is 2.82. The number of aromatic nitrogens is 1. The Hall–Kier alpha value is -2.31. The average molecular weight is 499 g/mol. The Labute approximate surface area is 212 Å². The minimum atomic E-state index is -3.68. The molecule has 6 heteroatoms. The van der Waals surface area contributed by atoms with Crippen LogP contribution >= 0.6 is 0 Å². The molecule has 2 heterocycles. The number of nitrogens with zero attached hydrogens (tertiary/aromatic N) is 2. The summed E-state index contributed by atoms with van der Waals surface area (Å²) in [6.07, 6.45) is 7.69. The van der Waals surface area contributed by atoms with E-state index in [0.29, 0.717) is 22.3 Å². The van der Waals surface area contributed by atoms with Gasteiger partial charge in [0.2, 0.25) is 9.84 Å². The van der Waals surface area contributed by atoms with Gasteiger partial charge < -0.3 is 14.0 Å². The number of fused-ring (bicyclic) bond motifs is 1. The third-order valence-electron chi connectivity index (χ3n) is 6.56. The van der Waals surface area contributed by atoms with Crippen molar-refractivity contribution in [1.82, 2.24) is 9.30 Å². The van der Waals surface area contributed by atoms with Crippen molar-refractivity contribution in [2.75, 3.05) is 26.2 Å². The first-order valence-electron chi connectivity index (χ1n) is 13.1. The number of hydrogen-bond donors (Lipinski definition) is 0. The molecular weight excluding hydrogens is 456 g/mol. The van der Waals surface area contributed by atoms with Crippen molar-refractivity contribution < 1.29 is 13.2 Å². The summed E-state index contributed by atoms with van der Waals surface area (Å²) in [6, 6.07) is 12.8. The summed E-state index contributed by atoms with van der Waals surface area (Å²) < 4.78 is 35.2. The number of ether oxygens (including phenoxy) is 1. The van der Waals surface area contributed by atoms with Crippen LogP contribution in [-0.2, 0) is 9.84 Å². The van der Waals surface area contributed by atoms with E-state index >= 15 is 0 Å². The fraction of sp³-hybridized carbons (Fsp3) is 0.517. The second-order valence-corrected chi connectivity index (χ2v) is 11.6. The van der Waals surface area contributed by atoms with Crippen LogP contribution in [0.2, 0.25) is 0 Å². The van der Waals surface area contributed by atoms with Crippen molar-refractivity contribution in [1.29, 1.82) is 0 Å². The lowest BCUT2D eigenvalue weighted by molar-refractivity contribution is 0.229. The maximum atomic E-state index is 13.7. The molecule has 1 aromatic carbocycles. The molecule has 0 N–H and O–H groups in total. The van der Waals surface area contributed by atoms with Crippen molar-refractivity contribution in [2.45, 2.75) is 82.6 Å². The molecule has 0 amide bonds. The highest BCUT2D eigenvalue weighted by atomic mass is 32.2. The molecule has 0 bridgehead atoms. The van der Waals surface area contributed by atoms with Crippen molar-refractivity contribution in [3.63, 3.8) is 0 Å². The average Bonchev–Trinajstić information content (AvgIpc) is 3.25. The van der Waals surface area contributed by atoms with Crippen molar-refractivity contribution in [3.05, 3.63) is 59.8 Å². The van der Waals surface area contributed by atoms with E-state index in [4.69, 9.17) is 4.74 Å². The number of benzene rings is 1. The van der Waals surface area contributed by atoms with Gasteiger partial charge >= 0.3 is 0 Å². The Bertz CT molecular complexity index is 1170. The predicted molar refractivity (Wildman–Crippen MR) is 144 cm³/mol. The van der Waals surface area contributed by atoms with Gasteiger partial charge in [0.25, 0.3) is 0 Å². The molecule has 0 aliphatic carbocycles. The van der Waals surface area contributed by atoms with Crippen LogP contribution in [0.3, 0.4) is 0 Å². The van der Waals surface area contributed by atoms with E-state index < -0.39 is 9.84 Å². The third kappa shape index (κ3) is 6.68. The first-order valence-corrected chi connectivity index (χ1v) is 14.6. The molecule has 0 radical (unpaired) electrons. The molecule has 0 unspecified atom stereocenters. The standard InChI is InChI=1S/C29H42N2O3S/c1-6-8-17-30(18-9-7-2)19-11-21-34-25-13-15-26(16-14-25)35(32,33)29-27(23(3)4)22-28-24(5)12-10-20-31(28)29/h10,12-16,20,22-23H,6-9,11,17-19,21H2,1-5H3. The summed E-state index contributed by atoms with van der Waals surface area (Å²) in [6.45, 7) is 14.5. The highest BCUT2D eigenvalue weighted by molar-refractivity contribution is 7.91. The molecule has 0 atom stereocenters. The molecule has 2 aromatic heterocycles. The molecule has 0 fully saturated rings. The Morgan fingerprint density at radius 3 is 2.17 bits per heavy atom. The van der Waals surface area contributed by atoms with Gasteiger partial charge in [-0.05, 0) is 92.7 Å². The molecule has 3 aromatic rings. The number of aryl methyl sites for hydroxylation is 1. The molecule has 0 saturated heterocycles. The lowest BCUT2D eigenvalue weighted by atomic mass is 10.1. The lowest BCUT2D eigenvalue weighted by Gasteiger charge is -2.21. The summed E-state index contributed by atoms with van der Waals surface area (Å²) in [5.41, 5.74) is 2.83. The van der Waals surface area contributed by atoms with Crippen LogP contribution in [0.25, 0.3) is 5.52 Å². The second kappa shape index (κ2) is 12.6. The molecule has 35 heavy (non-hydrogen) atoms. The van der Waals surface area contributed by atoms with E-state index in [1.165, 1.54) is 25.7 Å². The van der Waals surface area contributed by atoms with Gasteiger partial charge in [0.1, 0.15) is 10.8 Å². The number of pyridine rings is 1. The molecular formula is C29H42N2O3S. The zero-order valence-electron chi connectivity index (χ0n) is 22.1. The highest BCUT2D eigenvalue weighted by Crippen LogP contribution is 2.33. The minimum Gasteiger partial charge on any atom is -0.494 e. The van der Waals surface area contributed by atoms with Gasteiger partial charge in [-0.2, -0.15) is 0 Å². The molecule has 3 rings (SSSR count). The van der Waals surface area contributed by atoms with Gasteiger partial charge in [0.15, 0.2) is 0 Å². The van der Waals surface area contributed by atoms with Gasteiger partial charge in [-0.3, -0.25) is 0 Å². The molecule has 0 saturated carbocycles. The predicted octanol–water partition coefficient (Wildman–Crippen LogP) is 6.88. The van der Waals surface area contributed by atoms with E-state index in [9.17, 15) is 8.42 Å². The maximum Gasteiger partial charge on any atom is 0.222 e. The Morgan fingerprint density at radius 1 is 0.943 bits per heavy atom. The number of sulfone groups is 1. The minimum absolute atomic E-state index is 0.0934. The largest absolute Gasteiger partial charge is 0.494 e. The molecule has 0 aliphatic heterocycles. The van der Waals surface area contributed by atoms with Crippen LogP contribution in [0.4, 0.5) is 0 Å². The quantitative estimate of drug-likeness (QED) is 0.227. The van der Waals surface area contributed by atoms with E-state index in [0.717, 1.165) is 42.7 Å². The number of unbranched alkanes of at least 4 members (excludes halogenated alkanes) is 2. The fourth-order valence-corrected chi connectivity index (χ4v) is 6.18. The lowest BCUT2D eigenvalue weighted by Crippen LogP contribution is -2.28. The van der Waals surface area contributed by atoms with Crippen LogP contribution in [0, 0.1) is 6.92 Å². The van der Waals surface area contributed by atoms with Crippen LogP contribution in [-0.4, -0.2) is 44.0 Å². The van der Waals surface area contributed by atoms with Gasteiger partial charge in [0.05, 0.1) is 11.5 Å². The SMILES string of the molecule is CCCCN(CCCC)CCCOc1ccc(S(=O)(=O)c2c(C(C)C)cc3c(C)cccn23)cc1. The van der Waals surface area contributed by atoms with Crippen LogP contribution in [0.5, 0.6) is 5.75 Å². The Kier molecular flexibility index (Phi) is 9.81. The van der Waals surface area contributed by atoms with Crippen molar-refractivity contribution >= 4 is 15.4 Å².